The van der Waals surface area contributed by atoms with Gasteiger partial charge in [0.2, 0.25) is 0 Å². The van der Waals surface area contributed by atoms with E-state index in [9.17, 15) is 4.79 Å². The summed E-state index contributed by atoms with van der Waals surface area (Å²) >= 11 is 0. The van der Waals surface area contributed by atoms with E-state index in [0.717, 1.165) is 35.4 Å². The molecule has 0 aliphatic carbocycles. The second kappa shape index (κ2) is 8.04. The van der Waals surface area contributed by atoms with Gasteiger partial charge in [0.05, 0.1) is 18.0 Å². The van der Waals surface area contributed by atoms with Crippen LogP contribution in [0.3, 0.4) is 0 Å². The molecule has 0 aliphatic heterocycles. The summed E-state index contributed by atoms with van der Waals surface area (Å²) in [4.78, 5) is 11.9. The van der Waals surface area contributed by atoms with E-state index in [1.54, 1.807) is 21.4 Å². The summed E-state index contributed by atoms with van der Waals surface area (Å²) in [7, 11) is 0. The van der Waals surface area contributed by atoms with Gasteiger partial charge in [0, 0.05) is 30.6 Å². The number of aryl methyl sites for hydroxylation is 1. The highest BCUT2D eigenvalue weighted by atomic mass is 16.5. The smallest absolute Gasteiger partial charge is 0.250 e. The van der Waals surface area contributed by atoms with Crippen molar-refractivity contribution in [3.63, 3.8) is 0 Å². The van der Waals surface area contributed by atoms with E-state index in [4.69, 9.17) is 4.74 Å². The van der Waals surface area contributed by atoms with Crippen LogP contribution in [-0.2, 0) is 6.54 Å². The molecule has 0 fully saturated rings. The first-order valence-electron chi connectivity index (χ1n) is 9.13. The van der Waals surface area contributed by atoms with Crippen LogP contribution in [0.15, 0.2) is 59.8 Å². The van der Waals surface area contributed by atoms with E-state index in [2.05, 4.69) is 25.9 Å². The fraction of sp³-hybridized carbons (Fsp3) is 0.333. The van der Waals surface area contributed by atoms with Gasteiger partial charge in [0.1, 0.15) is 5.75 Å². The summed E-state index contributed by atoms with van der Waals surface area (Å²) in [6, 6.07) is 11.4. The second-order valence-corrected chi connectivity index (χ2v) is 6.45. The highest BCUT2D eigenvalue weighted by Gasteiger charge is 2.06. The fourth-order valence-corrected chi connectivity index (χ4v) is 2.72. The number of benzene rings is 1. The third-order valence-electron chi connectivity index (χ3n) is 4.38. The third-order valence-corrected chi connectivity index (χ3v) is 4.38. The quantitative estimate of drug-likeness (QED) is 0.638. The molecule has 26 heavy (non-hydrogen) atoms. The Kier molecular flexibility index (Phi) is 5.56. The van der Waals surface area contributed by atoms with Gasteiger partial charge >= 0.3 is 0 Å². The van der Waals surface area contributed by atoms with E-state index in [1.807, 2.05) is 42.9 Å². The maximum absolute atomic E-state index is 11.9. The molecular weight excluding hydrogens is 326 g/mol. The average molecular weight is 351 g/mol. The largest absolute Gasteiger partial charge is 0.491 e. The Balaban J connectivity index is 1.81. The van der Waals surface area contributed by atoms with Gasteiger partial charge in [0.25, 0.3) is 5.56 Å². The number of ether oxygens (including phenoxy) is 1. The highest BCUT2D eigenvalue weighted by Crippen LogP contribution is 2.23. The van der Waals surface area contributed by atoms with Crippen LogP contribution in [0.4, 0.5) is 0 Å². The van der Waals surface area contributed by atoms with Crippen LogP contribution in [0.1, 0.15) is 33.6 Å². The van der Waals surface area contributed by atoms with E-state index in [0.29, 0.717) is 6.54 Å². The van der Waals surface area contributed by atoms with Crippen LogP contribution >= 0.6 is 0 Å². The molecule has 0 spiro atoms. The summed E-state index contributed by atoms with van der Waals surface area (Å²) < 4.78 is 9.34. The van der Waals surface area contributed by atoms with Crippen molar-refractivity contribution in [1.29, 1.82) is 0 Å². The summed E-state index contributed by atoms with van der Waals surface area (Å²) in [5, 5.41) is 4.45. The molecule has 5 heteroatoms. The summed E-state index contributed by atoms with van der Waals surface area (Å²) in [5.74, 6) is 0.877. The van der Waals surface area contributed by atoms with Gasteiger partial charge < -0.3 is 9.30 Å². The van der Waals surface area contributed by atoms with Crippen molar-refractivity contribution in [2.75, 3.05) is 0 Å². The maximum atomic E-state index is 11.9. The van der Waals surface area contributed by atoms with Crippen molar-refractivity contribution >= 4 is 0 Å². The van der Waals surface area contributed by atoms with Crippen molar-refractivity contribution in [2.24, 2.45) is 0 Å². The first-order chi connectivity index (χ1) is 12.6. The Labute approximate surface area is 153 Å². The zero-order chi connectivity index (χ0) is 18.5. The molecule has 1 aromatic carbocycles. The van der Waals surface area contributed by atoms with Gasteiger partial charge in [0.15, 0.2) is 0 Å². The lowest BCUT2D eigenvalue weighted by atomic mass is 10.1. The Morgan fingerprint density at radius 3 is 2.50 bits per heavy atom. The molecule has 0 saturated heterocycles. The average Bonchev–Trinajstić information content (AvgIpc) is 3.14. The molecule has 5 nitrogen and oxygen atoms in total. The van der Waals surface area contributed by atoms with Crippen molar-refractivity contribution in [2.45, 2.75) is 46.3 Å². The van der Waals surface area contributed by atoms with Crippen molar-refractivity contribution in [3.8, 4) is 22.6 Å². The monoisotopic (exact) mass is 351 g/mol. The van der Waals surface area contributed by atoms with Crippen molar-refractivity contribution in [3.05, 3.63) is 65.3 Å². The maximum Gasteiger partial charge on any atom is 0.250 e. The van der Waals surface area contributed by atoms with E-state index < -0.39 is 0 Å². The van der Waals surface area contributed by atoms with Gasteiger partial charge in [-0.05, 0) is 43.5 Å². The minimum absolute atomic E-state index is 0.0138. The normalized spacial score (nSPS) is 12.1. The Morgan fingerprint density at radius 1 is 1.04 bits per heavy atom. The Morgan fingerprint density at radius 2 is 1.81 bits per heavy atom. The minimum Gasteiger partial charge on any atom is -0.491 e. The molecule has 1 atom stereocenters. The first kappa shape index (κ1) is 18.0. The predicted octanol–water partition coefficient (Wildman–Crippen LogP) is 4.29. The molecule has 0 aliphatic rings. The number of aromatic nitrogens is 3. The zero-order valence-electron chi connectivity index (χ0n) is 15.6. The van der Waals surface area contributed by atoms with Crippen LogP contribution in [-0.4, -0.2) is 20.5 Å². The second-order valence-electron chi connectivity index (χ2n) is 6.45. The molecule has 3 aromatic rings. The number of rotatable bonds is 7. The molecular formula is C21H25N3O2. The van der Waals surface area contributed by atoms with Crippen molar-refractivity contribution in [1.82, 2.24) is 14.3 Å². The lowest BCUT2D eigenvalue weighted by Crippen LogP contribution is -2.19. The van der Waals surface area contributed by atoms with Crippen LogP contribution in [0, 0.1) is 0 Å². The molecule has 0 amide bonds. The Bertz CT molecular complexity index is 910. The topological polar surface area (TPSA) is 49.0 Å². The van der Waals surface area contributed by atoms with Gasteiger partial charge in [-0.15, -0.1) is 0 Å². The third kappa shape index (κ3) is 4.04. The number of pyridine rings is 1. The van der Waals surface area contributed by atoms with Crippen LogP contribution in [0.5, 0.6) is 5.75 Å². The number of hydrogen-bond acceptors (Lipinski definition) is 3. The molecule has 0 bridgehead atoms. The van der Waals surface area contributed by atoms with Gasteiger partial charge in [-0.2, -0.15) is 5.10 Å². The van der Waals surface area contributed by atoms with Gasteiger partial charge in [-0.1, -0.05) is 26.0 Å². The molecule has 2 heterocycles. The van der Waals surface area contributed by atoms with E-state index in [1.165, 1.54) is 0 Å². The van der Waals surface area contributed by atoms with Crippen molar-refractivity contribution < 1.29 is 4.74 Å². The van der Waals surface area contributed by atoms with Gasteiger partial charge in [-0.25, -0.2) is 4.68 Å². The summed E-state index contributed by atoms with van der Waals surface area (Å²) in [6.45, 7) is 6.94. The fourth-order valence-electron chi connectivity index (χ4n) is 2.72. The molecule has 0 N–H and O–H groups in total. The molecule has 2 aromatic heterocycles. The molecule has 0 radical (unpaired) electrons. The predicted molar refractivity (Wildman–Crippen MR) is 104 cm³/mol. The lowest BCUT2D eigenvalue weighted by molar-refractivity contribution is 0.217. The van der Waals surface area contributed by atoms with Crippen LogP contribution in [0.25, 0.3) is 16.8 Å². The summed E-state index contributed by atoms with van der Waals surface area (Å²) in [5.41, 5.74) is 2.99. The Hall–Kier alpha value is -2.82. The number of nitrogens with zero attached hydrogens (tertiary/aromatic N) is 3. The number of hydrogen-bond donors (Lipinski definition) is 0. The van der Waals surface area contributed by atoms with Crippen LogP contribution < -0.4 is 10.3 Å². The minimum atomic E-state index is 0.0138. The van der Waals surface area contributed by atoms with Gasteiger partial charge in [-0.3, -0.25) is 4.79 Å². The summed E-state index contributed by atoms with van der Waals surface area (Å²) in [6.07, 6.45) is 7.77. The first-order valence-corrected chi connectivity index (χ1v) is 9.13. The molecule has 3 rings (SSSR count). The van der Waals surface area contributed by atoms with Crippen LogP contribution in [0.2, 0.25) is 0 Å². The highest BCUT2D eigenvalue weighted by molar-refractivity contribution is 5.63. The SMILES string of the molecule is CCCn1cc(-n2cc(-c3ccc(OC(C)CC)cc3)cn2)ccc1=O. The lowest BCUT2D eigenvalue weighted by Gasteiger charge is -2.12. The van der Waals surface area contributed by atoms with E-state index >= 15 is 0 Å². The van der Waals surface area contributed by atoms with E-state index in [-0.39, 0.29) is 11.7 Å². The standard InChI is InChI=1S/C21H25N3O2/c1-4-12-23-15-19(8-11-21(23)25)24-14-18(13-22-24)17-6-9-20(10-7-17)26-16(3)5-2/h6-11,13-16H,4-5,12H2,1-3H3. The molecule has 136 valence electrons. The zero-order valence-corrected chi connectivity index (χ0v) is 15.6. The molecule has 1 unspecified atom stereocenters. The molecule has 0 saturated carbocycles.